The Morgan fingerprint density at radius 3 is 2.60 bits per heavy atom. The molecule has 0 fully saturated rings. The zero-order valence-corrected chi connectivity index (χ0v) is 5.75. The SMILES string of the molecule is C#CC[CH]c1ccccc1. The molecule has 10 heavy (non-hydrogen) atoms. The Bertz CT molecular complexity index is 216. The highest BCUT2D eigenvalue weighted by Gasteiger charge is 1.86. The molecule has 0 N–H and O–H groups in total. The molecule has 1 rings (SSSR count). The minimum atomic E-state index is 0.712. The van der Waals surface area contributed by atoms with Crippen molar-refractivity contribution in [2.45, 2.75) is 6.42 Å². The summed E-state index contributed by atoms with van der Waals surface area (Å²) < 4.78 is 0. The van der Waals surface area contributed by atoms with Crippen molar-refractivity contribution in [1.29, 1.82) is 0 Å². The van der Waals surface area contributed by atoms with E-state index < -0.39 is 0 Å². The molecular weight excluding hydrogens is 120 g/mol. The molecule has 0 bridgehead atoms. The molecule has 1 aromatic carbocycles. The normalized spacial score (nSPS) is 8.70. The maximum absolute atomic E-state index is 5.10. The van der Waals surface area contributed by atoms with E-state index in [1.807, 2.05) is 36.8 Å². The lowest BCUT2D eigenvalue weighted by molar-refractivity contribution is 1.29. The number of hydrogen-bond acceptors (Lipinski definition) is 0. The van der Waals surface area contributed by atoms with E-state index in [0.717, 1.165) is 0 Å². The fraction of sp³-hybridized carbons (Fsp3) is 0.100. The van der Waals surface area contributed by atoms with Crippen LogP contribution < -0.4 is 0 Å². The summed E-state index contributed by atoms with van der Waals surface area (Å²) in [4.78, 5) is 0. The van der Waals surface area contributed by atoms with Crippen LogP contribution in [0.4, 0.5) is 0 Å². The van der Waals surface area contributed by atoms with Crippen molar-refractivity contribution < 1.29 is 0 Å². The summed E-state index contributed by atoms with van der Waals surface area (Å²) in [6, 6.07) is 10.1. The van der Waals surface area contributed by atoms with Crippen LogP contribution in [0.2, 0.25) is 0 Å². The van der Waals surface area contributed by atoms with Crippen LogP contribution in [0.3, 0.4) is 0 Å². The Hall–Kier alpha value is -1.22. The van der Waals surface area contributed by atoms with Crippen LogP contribution in [0.25, 0.3) is 0 Å². The monoisotopic (exact) mass is 129 g/mol. The summed E-state index contributed by atoms with van der Waals surface area (Å²) in [6.45, 7) is 0. The first-order valence-corrected chi connectivity index (χ1v) is 3.25. The third-order valence-corrected chi connectivity index (χ3v) is 1.26. The van der Waals surface area contributed by atoms with Crippen molar-refractivity contribution >= 4 is 0 Å². The third kappa shape index (κ3) is 1.95. The Balaban J connectivity index is 2.52. The van der Waals surface area contributed by atoms with Crippen molar-refractivity contribution in [3.63, 3.8) is 0 Å². The zero-order chi connectivity index (χ0) is 7.23. The predicted octanol–water partition coefficient (Wildman–Crippen LogP) is 2.26. The molecule has 1 aromatic rings. The second-order valence-electron chi connectivity index (χ2n) is 2.02. The van der Waals surface area contributed by atoms with Gasteiger partial charge in [-0.3, -0.25) is 0 Å². The summed E-state index contributed by atoms with van der Waals surface area (Å²) in [5, 5.41) is 0. The summed E-state index contributed by atoms with van der Waals surface area (Å²) in [7, 11) is 0. The van der Waals surface area contributed by atoms with Gasteiger partial charge in [-0.1, -0.05) is 30.3 Å². The van der Waals surface area contributed by atoms with E-state index in [1.54, 1.807) is 0 Å². The minimum absolute atomic E-state index is 0.712. The molecule has 0 atom stereocenters. The van der Waals surface area contributed by atoms with E-state index in [4.69, 9.17) is 6.42 Å². The smallest absolute Gasteiger partial charge is 0.0161 e. The second-order valence-corrected chi connectivity index (χ2v) is 2.02. The molecule has 0 spiro atoms. The van der Waals surface area contributed by atoms with Crippen LogP contribution >= 0.6 is 0 Å². The average molecular weight is 129 g/mol. The molecule has 0 unspecified atom stereocenters. The van der Waals surface area contributed by atoms with Gasteiger partial charge in [0.1, 0.15) is 0 Å². The highest BCUT2D eigenvalue weighted by Crippen LogP contribution is 2.02. The van der Waals surface area contributed by atoms with Crippen molar-refractivity contribution in [2.24, 2.45) is 0 Å². The second kappa shape index (κ2) is 3.74. The van der Waals surface area contributed by atoms with Crippen LogP contribution in [0.15, 0.2) is 30.3 Å². The molecule has 1 radical (unpaired) electrons. The van der Waals surface area contributed by atoms with E-state index in [-0.39, 0.29) is 0 Å². The first-order valence-electron chi connectivity index (χ1n) is 3.25. The lowest BCUT2D eigenvalue weighted by Gasteiger charge is -1.93. The third-order valence-electron chi connectivity index (χ3n) is 1.26. The van der Waals surface area contributed by atoms with Gasteiger partial charge in [-0.25, -0.2) is 0 Å². The molecular formula is C10H9. The molecule has 0 saturated carbocycles. The molecule has 0 aromatic heterocycles. The largest absolute Gasteiger partial charge is 0.120 e. The van der Waals surface area contributed by atoms with Gasteiger partial charge in [-0.15, -0.1) is 12.3 Å². The lowest BCUT2D eigenvalue weighted by Crippen LogP contribution is -1.77. The van der Waals surface area contributed by atoms with E-state index in [9.17, 15) is 0 Å². The summed E-state index contributed by atoms with van der Waals surface area (Å²) in [5.41, 5.74) is 1.19. The molecule has 0 nitrogen and oxygen atoms in total. The first kappa shape index (κ1) is 6.89. The topological polar surface area (TPSA) is 0 Å². The van der Waals surface area contributed by atoms with E-state index >= 15 is 0 Å². The Morgan fingerprint density at radius 2 is 2.00 bits per heavy atom. The zero-order valence-electron chi connectivity index (χ0n) is 5.75. The maximum Gasteiger partial charge on any atom is 0.0161 e. The van der Waals surface area contributed by atoms with Gasteiger partial charge in [0.2, 0.25) is 0 Å². The Morgan fingerprint density at radius 1 is 1.30 bits per heavy atom. The van der Waals surface area contributed by atoms with Gasteiger partial charge in [-0.05, 0) is 5.56 Å². The first-order chi connectivity index (χ1) is 4.93. The minimum Gasteiger partial charge on any atom is -0.120 e. The van der Waals surface area contributed by atoms with Crippen molar-refractivity contribution in [3.8, 4) is 12.3 Å². The summed E-state index contributed by atoms with van der Waals surface area (Å²) >= 11 is 0. The Kier molecular flexibility index (Phi) is 2.58. The number of terminal acetylenes is 1. The van der Waals surface area contributed by atoms with Crippen LogP contribution in [0.5, 0.6) is 0 Å². The van der Waals surface area contributed by atoms with Gasteiger partial charge >= 0.3 is 0 Å². The number of benzene rings is 1. The molecule has 0 aliphatic rings. The number of hydrogen-bond donors (Lipinski definition) is 0. The van der Waals surface area contributed by atoms with E-state index in [2.05, 4.69) is 5.92 Å². The van der Waals surface area contributed by atoms with E-state index in [0.29, 0.717) is 6.42 Å². The Labute approximate surface area is 61.9 Å². The molecule has 0 aliphatic heterocycles. The van der Waals surface area contributed by atoms with Crippen LogP contribution in [0.1, 0.15) is 12.0 Å². The van der Waals surface area contributed by atoms with Gasteiger partial charge < -0.3 is 0 Å². The summed E-state index contributed by atoms with van der Waals surface area (Å²) in [6.07, 6.45) is 7.84. The quantitative estimate of drug-likeness (QED) is 0.537. The fourth-order valence-corrected chi connectivity index (χ4v) is 0.766. The highest BCUT2D eigenvalue weighted by atomic mass is 13.9. The molecule has 0 heterocycles. The maximum atomic E-state index is 5.10. The van der Waals surface area contributed by atoms with Gasteiger partial charge in [0.15, 0.2) is 0 Å². The standard InChI is InChI=1S/C10H9/c1-2-3-7-10-8-5-4-6-9-10/h1,4-9H,3H2. The predicted molar refractivity (Wildman–Crippen MR) is 43.3 cm³/mol. The van der Waals surface area contributed by atoms with Gasteiger partial charge in [-0.2, -0.15) is 0 Å². The fourth-order valence-electron chi connectivity index (χ4n) is 0.766. The molecule has 0 aliphatic carbocycles. The molecule has 0 saturated heterocycles. The molecule has 0 amide bonds. The summed E-state index contributed by atoms with van der Waals surface area (Å²) in [5.74, 6) is 2.56. The van der Waals surface area contributed by atoms with Gasteiger partial charge in [0, 0.05) is 12.8 Å². The molecule has 49 valence electrons. The highest BCUT2D eigenvalue weighted by molar-refractivity contribution is 5.23. The van der Waals surface area contributed by atoms with Crippen LogP contribution in [-0.4, -0.2) is 0 Å². The average Bonchev–Trinajstić information content (AvgIpc) is 2.03. The van der Waals surface area contributed by atoms with Crippen LogP contribution in [-0.2, 0) is 0 Å². The van der Waals surface area contributed by atoms with Crippen molar-refractivity contribution in [2.75, 3.05) is 0 Å². The van der Waals surface area contributed by atoms with Crippen molar-refractivity contribution in [1.82, 2.24) is 0 Å². The molecule has 0 heteroatoms. The number of rotatable bonds is 2. The van der Waals surface area contributed by atoms with Gasteiger partial charge in [0.25, 0.3) is 0 Å². The van der Waals surface area contributed by atoms with Crippen molar-refractivity contribution in [3.05, 3.63) is 42.3 Å². The van der Waals surface area contributed by atoms with Crippen LogP contribution in [0, 0.1) is 18.8 Å². The lowest BCUT2D eigenvalue weighted by atomic mass is 10.1. The van der Waals surface area contributed by atoms with E-state index in [1.165, 1.54) is 5.56 Å². The van der Waals surface area contributed by atoms with Gasteiger partial charge in [0.05, 0.1) is 0 Å².